The number of hydrogen-bond acceptors (Lipinski definition) is 3. The summed E-state index contributed by atoms with van der Waals surface area (Å²) in [5.74, 6) is 0.712. The summed E-state index contributed by atoms with van der Waals surface area (Å²) in [5.41, 5.74) is 0. The molecule has 2 aliphatic carbocycles. The Morgan fingerprint density at radius 3 is 2.69 bits per heavy atom. The van der Waals surface area contributed by atoms with Gasteiger partial charge in [-0.1, -0.05) is 12.2 Å². The highest BCUT2D eigenvalue weighted by molar-refractivity contribution is 5.18. The van der Waals surface area contributed by atoms with Gasteiger partial charge in [-0.05, 0) is 11.8 Å². The van der Waals surface area contributed by atoms with Crippen LogP contribution in [0.25, 0.3) is 0 Å². The van der Waals surface area contributed by atoms with E-state index in [2.05, 4.69) is 12.2 Å². The van der Waals surface area contributed by atoms with Gasteiger partial charge in [-0.3, -0.25) is 0 Å². The molecule has 1 heterocycles. The second-order valence-electron chi connectivity index (χ2n) is 4.13. The van der Waals surface area contributed by atoms with Crippen LogP contribution in [0.2, 0.25) is 0 Å². The minimum Gasteiger partial charge on any atom is -0.396 e. The van der Waals surface area contributed by atoms with Crippen molar-refractivity contribution < 1.29 is 14.6 Å². The first-order chi connectivity index (χ1) is 6.36. The third-order valence-corrected chi connectivity index (χ3v) is 3.59. The van der Waals surface area contributed by atoms with Crippen molar-refractivity contribution in [2.45, 2.75) is 12.2 Å². The number of allylic oxidation sites excluding steroid dienone is 1. The van der Waals surface area contributed by atoms with Gasteiger partial charge in [0.2, 0.25) is 0 Å². The maximum atomic E-state index is 9.24. The zero-order chi connectivity index (χ0) is 8.89. The Balaban J connectivity index is 1.91. The van der Waals surface area contributed by atoms with E-state index in [1.54, 1.807) is 0 Å². The van der Waals surface area contributed by atoms with Crippen molar-refractivity contribution in [3.8, 4) is 0 Å². The van der Waals surface area contributed by atoms with Gasteiger partial charge >= 0.3 is 0 Å². The lowest BCUT2D eigenvalue weighted by atomic mass is 9.96. The molecule has 3 unspecified atom stereocenters. The third-order valence-electron chi connectivity index (χ3n) is 3.59. The normalized spacial score (nSPS) is 45.2. The van der Waals surface area contributed by atoms with Crippen molar-refractivity contribution in [1.82, 2.24) is 0 Å². The summed E-state index contributed by atoms with van der Waals surface area (Å²) in [6.07, 6.45) is 5.28. The Morgan fingerprint density at radius 2 is 2.08 bits per heavy atom. The molecule has 72 valence electrons. The van der Waals surface area contributed by atoms with Crippen LogP contribution in [0, 0.1) is 17.8 Å². The third kappa shape index (κ3) is 0.897. The molecule has 0 amide bonds. The summed E-state index contributed by atoms with van der Waals surface area (Å²) in [4.78, 5) is 0. The zero-order valence-corrected chi connectivity index (χ0v) is 7.48. The van der Waals surface area contributed by atoms with Gasteiger partial charge < -0.3 is 14.6 Å². The van der Waals surface area contributed by atoms with E-state index < -0.39 is 0 Å². The molecule has 0 aromatic heterocycles. The zero-order valence-electron chi connectivity index (χ0n) is 7.48. The van der Waals surface area contributed by atoms with Crippen LogP contribution in [-0.2, 0) is 9.47 Å². The fourth-order valence-corrected chi connectivity index (χ4v) is 3.00. The lowest BCUT2D eigenvalue weighted by molar-refractivity contribution is -0.177. The van der Waals surface area contributed by atoms with Gasteiger partial charge in [0.1, 0.15) is 0 Å². The highest BCUT2D eigenvalue weighted by Gasteiger charge is 2.57. The molecule has 3 rings (SSSR count). The number of fused-ring (bicyclic) bond motifs is 3. The van der Waals surface area contributed by atoms with Crippen molar-refractivity contribution in [3.05, 3.63) is 12.2 Å². The van der Waals surface area contributed by atoms with Crippen LogP contribution >= 0.6 is 0 Å². The van der Waals surface area contributed by atoms with E-state index >= 15 is 0 Å². The average Bonchev–Trinajstić information content (AvgIpc) is 2.79. The Labute approximate surface area is 77.3 Å². The van der Waals surface area contributed by atoms with E-state index in [-0.39, 0.29) is 18.3 Å². The molecule has 1 saturated heterocycles. The smallest absolute Gasteiger partial charge is 0.175 e. The lowest BCUT2D eigenvalue weighted by Gasteiger charge is -2.29. The number of aliphatic hydroxyl groups excluding tert-OH is 1. The van der Waals surface area contributed by atoms with Gasteiger partial charge in [0.05, 0.1) is 13.2 Å². The summed E-state index contributed by atoms with van der Waals surface area (Å²) < 4.78 is 11.4. The fraction of sp³-hybridized carbons (Fsp3) is 0.800. The molecule has 0 aromatic carbocycles. The van der Waals surface area contributed by atoms with Crippen LogP contribution in [0.15, 0.2) is 12.2 Å². The Hall–Kier alpha value is -0.380. The van der Waals surface area contributed by atoms with Gasteiger partial charge in [0.15, 0.2) is 5.79 Å². The topological polar surface area (TPSA) is 38.7 Å². The first-order valence-electron chi connectivity index (χ1n) is 4.93. The first-order valence-corrected chi connectivity index (χ1v) is 4.93. The molecule has 3 atom stereocenters. The van der Waals surface area contributed by atoms with Crippen molar-refractivity contribution in [2.75, 3.05) is 19.8 Å². The summed E-state index contributed by atoms with van der Waals surface area (Å²) in [7, 11) is 0. The lowest BCUT2D eigenvalue weighted by Crippen LogP contribution is -2.36. The van der Waals surface area contributed by atoms with Crippen molar-refractivity contribution in [3.63, 3.8) is 0 Å². The average molecular weight is 182 g/mol. The summed E-state index contributed by atoms with van der Waals surface area (Å²) in [5, 5.41) is 9.24. The van der Waals surface area contributed by atoms with E-state index in [1.807, 2.05) is 0 Å². The van der Waals surface area contributed by atoms with E-state index in [1.165, 1.54) is 0 Å². The molecule has 3 aliphatic rings. The van der Waals surface area contributed by atoms with Gasteiger partial charge in [0.25, 0.3) is 0 Å². The molecular weight excluding hydrogens is 168 g/mol. The molecule has 1 saturated carbocycles. The molecule has 1 spiro atoms. The highest BCUT2D eigenvalue weighted by Crippen LogP contribution is 2.53. The van der Waals surface area contributed by atoms with Gasteiger partial charge in [0, 0.05) is 18.9 Å². The van der Waals surface area contributed by atoms with Crippen molar-refractivity contribution in [2.24, 2.45) is 17.8 Å². The quantitative estimate of drug-likeness (QED) is 0.602. The molecular formula is C10H14O3. The molecule has 3 nitrogen and oxygen atoms in total. The second kappa shape index (κ2) is 2.56. The molecule has 1 N–H and O–H groups in total. The minimum atomic E-state index is -0.368. The van der Waals surface area contributed by atoms with Gasteiger partial charge in [-0.15, -0.1) is 0 Å². The first kappa shape index (κ1) is 7.97. The van der Waals surface area contributed by atoms with Gasteiger partial charge in [-0.2, -0.15) is 0 Å². The molecule has 0 radical (unpaired) electrons. The van der Waals surface area contributed by atoms with Crippen molar-refractivity contribution >= 4 is 0 Å². The van der Waals surface area contributed by atoms with Crippen LogP contribution in [0.3, 0.4) is 0 Å². The molecule has 3 heteroatoms. The largest absolute Gasteiger partial charge is 0.396 e. The van der Waals surface area contributed by atoms with Crippen LogP contribution in [0.4, 0.5) is 0 Å². The highest BCUT2D eigenvalue weighted by atomic mass is 16.7. The minimum absolute atomic E-state index is 0.247. The Bertz CT molecular complexity index is 243. The standard InChI is InChI=1S/C10H14O3/c11-6-8-7-1-2-9(8)10(5-7)12-3-4-13-10/h1-2,7-9,11H,3-6H2. The SMILES string of the molecule is OCC1C2C=CC1C1(C2)OCCO1. The number of aliphatic hydroxyl groups is 1. The Morgan fingerprint density at radius 1 is 1.31 bits per heavy atom. The monoisotopic (exact) mass is 182 g/mol. The van der Waals surface area contributed by atoms with Crippen LogP contribution < -0.4 is 0 Å². The molecule has 13 heavy (non-hydrogen) atoms. The predicted octanol–water partition coefficient (Wildman–Crippen LogP) is 0.544. The van der Waals surface area contributed by atoms with E-state index in [4.69, 9.17) is 9.47 Å². The van der Waals surface area contributed by atoms with Crippen LogP contribution in [0.5, 0.6) is 0 Å². The maximum Gasteiger partial charge on any atom is 0.175 e. The van der Waals surface area contributed by atoms with Crippen molar-refractivity contribution in [1.29, 1.82) is 0 Å². The molecule has 2 fully saturated rings. The van der Waals surface area contributed by atoms with Gasteiger partial charge in [-0.25, -0.2) is 0 Å². The van der Waals surface area contributed by atoms with E-state index in [0.29, 0.717) is 25.0 Å². The summed E-state index contributed by atoms with van der Waals surface area (Å²) in [6, 6.07) is 0. The fourth-order valence-electron chi connectivity index (χ4n) is 3.00. The molecule has 2 bridgehead atoms. The number of ether oxygens (including phenoxy) is 2. The van der Waals surface area contributed by atoms with Crippen LogP contribution in [-0.4, -0.2) is 30.7 Å². The van der Waals surface area contributed by atoms with Crippen LogP contribution in [0.1, 0.15) is 6.42 Å². The summed E-state index contributed by atoms with van der Waals surface area (Å²) >= 11 is 0. The van der Waals surface area contributed by atoms with E-state index in [0.717, 1.165) is 6.42 Å². The second-order valence-corrected chi connectivity index (χ2v) is 4.13. The van der Waals surface area contributed by atoms with E-state index in [9.17, 15) is 5.11 Å². The summed E-state index contributed by atoms with van der Waals surface area (Å²) in [6.45, 7) is 1.65. The predicted molar refractivity (Wildman–Crippen MR) is 45.9 cm³/mol. The number of rotatable bonds is 1. The maximum absolute atomic E-state index is 9.24. The Kier molecular flexibility index (Phi) is 1.57. The number of hydrogen-bond donors (Lipinski definition) is 1. The molecule has 0 aromatic rings. The molecule has 1 aliphatic heterocycles.